The Balaban J connectivity index is 2.42. The van der Waals surface area contributed by atoms with E-state index in [0.717, 1.165) is 30.8 Å². The molecule has 1 aromatic rings. The minimum Gasteiger partial charge on any atom is -0.312 e. The van der Waals surface area contributed by atoms with E-state index in [4.69, 9.17) is 0 Å². The Morgan fingerprint density at radius 3 is 3.33 bits per heavy atom. The molecule has 0 saturated carbocycles. The van der Waals surface area contributed by atoms with Crippen LogP contribution in [0.4, 0.5) is 5.69 Å². The lowest BCUT2D eigenvalue weighted by Crippen LogP contribution is -2.24. The van der Waals surface area contributed by atoms with Gasteiger partial charge in [-0.05, 0) is 16.8 Å². The monoisotopic (exact) mass is 163 g/mol. The van der Waals surface area contributed by atoms with Crippen LogP contribution in [0.5, 0.6) is 0 Å². The molecule has 0 aromatic carbocycles. The van der Waals surface area contributed by atoms with Crippen LogP contribution in [0, 0.1) is 4.91 Å². The standard InChI is InChI=1S/C8H9N3O/c12-11-7-3-6-4-9-2-1-8(6)10-5-7/h3,5,9H,1-2,4H2. The number of nitrogens with one attached hydrogen (secondary N) is 1. The lowest BCUT2D eigenvalue weighted by Gasteiger charge is -2.15. The number of nitrogens with zero attached hydrogens (tertiary/aromatic N) is 2. The third kappa shape index (κ3) is 1.21. The Kier molecular flexibility index (Phi) is 1.83. The van der Waals surface area contributed by atoms with Gasteiger partial charge in [0.05, 0.1) is 6.20 Å². The van der Waals surface area contributed by atoms with Crippen LogP contribution >= 0.6 is 0 Å². The maximum absolute atomic E-state index is 10.2. The summed E-state index contributed by atoms with van der Waals surface area (Å²) in [5.74, 6) is 0. The number of pyridine rings is 1. The highest BCUT2D eigenvalue weighted by molar-refractivity contribution is 5.39. The number of hydrogen-bond donors (Lipinski definition) is 1. The normalized spacial score (nSPS) is 15.3. The minimum absolute atomic E-state index is 0.414. The van der Waals surface area contributed by atoms with Gasteiger partial charge in [0.1, 0.15) is 5.69 Å². The Morgan fingerprint density at radius 1 is 1.58 bits per heavy atom. The van der Waals surface area contributed by atoms with Crippen LogP contribution in [0.25, 0.3) is 0 Å². The van der Waals surface area contributed by atoms with E-state index in [1.165, 1.54) is 6.20 Å². The number of rotatable bonds is 1. The van der Waals surface area contributed by atoms with Crippen molar-refractivity contribution in [2.45, 2.75) is 13.0 Å². The smallest absolute Gasteiger partial charge is 0.126 e. The Bertz CT molecular complexity index is 311. The van der Waals surface area contributed by atoms with Crippen LogP contribution in [-0.2, 0) is 13.0 Å². The van der Waals surface area contributed by atoms with Gasteiger partial charge in [0.2, 0.25) is 0 Å². The predicted octanol–water partition coefficient (Wildman–Crippen LogP) is 1.13. The summed E-state index contributed by atoms with van der Waals surface area (Å²) >= 11 is 0. The maximum Gasteiger partial charge on any atom is 0.126 e. The fourth-order valence-electron chi connectivity index (χ4n) is 1.38. The van der Waals surface area contributed by atoms with Crippen LogP contribution < -0.4 is 5.32 Å². The second kappa shape index (κ2) is 2.98. The van der Waals surface area contributed by atoms with Gasteiger partial charge in [0, 0.05) is 25.2 Å². The van der Waals surface area contributed by atoms with E-state index >= 15 is 0 Å². The van der Waals surface area contributed by atoms with E-state index in [2.05, 4.69) is 15.5 Å². The van der Waals surface area contributed by atoms with Gasteiger partial charge in [-0.3, -0.25) is 4.98 Å². The zero-order valence-corrected chi connectivity index (χ0v) is 6.58. The van der Waals surface area contributed by atoms with Crippen LogP contribution in [0.2, 0.25) is 0 Å². The number of fused-ring (bicyclic) bond motifs is 1. The highest BCUT2D eigenvalue weighted by Crippen LogP contribution is 2.17. The molecular formula is C8H9N3O. The van der Waals surface area contributed by atoms with Gasteiger partial charge in [-0.1, -0.05) is 0 Å². The molecular weight excluding hydrogens is 154 g/mol. The molecule has 4 nitrogen and oxygen atoms in total. The third-order valence-electron chi connectivity index (χ3n) is 2.00. The van der Waals surface area contributed by atoms with E-state index in [9.17, 15) is 4.91 Å². The Labute approximate surface area is 70.0 Å². The lowest BCUT2D eigenvalue weighted by molar-refractivity contribution is 0.630. The van der Waals surface area contributed by atoms with Crippen LogP contribution in [0.15, 0.2) is 17.4 Å². The molecule has 0 spiro atoms. The Morgan fingerprint density at radius 2 is 2.50 bits per heavy atom. The molecule has 12 heavy (non-hydrogen) atoms. The second-order valence-electron chi connectivity index (χ2n) is 2.82. The Hall–Kier alpha value is -1.29. The molecule has 1 aliphatic rings. The summed E-state index contributed by atoms with van der Waals surface area (Å²) in [6, 6.07) is 1.79. The van der Waals surface area contributed by atoms with Crippen molar-refractivity contribution in [2.75, 3.05) is 6.54 Å². The minimum atomic E-state index is 0.414. The lowest BCUT2D eigenvalue weighted by atomic mass is 10.1. The molecule has 0 amide bonds. The number of aromatic nitrogens is 1. The molecule has 62 valence electrons. The molecule has 2 heterocycles. The van der Waals surface area contributed by atoms with Crippen molar-refractivity contribution >= 4 is 5.69 Å². The van der Waals surface area contributed by atoms with Crippen molar-refractivity contribution in [2.24, 2.45) is 5.18 Å². The first kappa shape index (κ1) is 7.36. The predicted molar refractivity (Wildman–Crippen MR) is 45.1 cm³/mol. The quantitative estimate of drug-likeness (QED) is 0.631. The molecule has 0 aliphatic carbocycles. The third-order valence-corrected chi connectivity index (χ3v) is 2.00. The zero-order valence-electron chi connectivity index (χ0n) is 6.58. The topological polar surface area (TPSA) is 54.4 Å². The molecule has 0 saturated heterocycles. The summed E-state index contributed by atoms with van der Waals surface area (Å²) in [5, 5.41) is 6.05. The first-order valence-electron chi connectivity index (χ1n) is 3.92. The van der Waals surface area contributed by atoms with Gasteiger partial charge in [0.25, 0.3) is 0 Å². The van der Waals surface area contributed by atoms with Crippen molar-refractivity contribution < 1.29 is 0 Å². The summed E-state index contributed by atoms with van der Waals surface area (Å²) in [4.78, 5) is 14.3. The largest absolute Gasteiger partial charge is 0.312 e. The zero-order chi connectivity index (χ0) is 8.39. The van der Waals surface area contributed by atoms with E-state index in [-0.39, 0.29) is 0 Å². The van der Waals surface area contributed by atoms with Crippen molar-refractivity contribution in [3.63, 3.8) is 0 Å². The molecule has 0 atom stereocenters. The highest BCUT2D eigenvalue weighted by atomic mass is 16.3. The van der Waals surface area contributed by atoms with E-state index < -0.39 is 0 Å². The summed E-state index contributed by atoms with van der Waals surface area (Å²) in [6.45, 7) is 1.76. The molecule has 0 radical (unpaired) electrons. The van der Waals surface area contributed by atoms with Gasteiger partial charge in [-0.15, -0.1) is 4.91 Å². The van der Waals surface area contributed by atoms with Gasteiger partial charge in [0.15, 0.2) is 0 Å². The average molecular weight is 163 g/mol. The first-order valence-corrected chi connectivity index (χ1v) is 3.92. The highest BCUT2D eigenvalue weighted by Gasteiger charge is 2.09. The van der Waals surface area contributed by atoms with Gasteiger partial charge in [-0.25, -0.2) is 0 Å². The first-order chi connectivity index (χ1) is 5.90. The van der Waals surface area contributed by atoms with Crippen LogP contribution in [0.3, 0.4) is 0 Å². The molecule has 0 unspecified atom stereocenters. The number of hydrogen-bond acceptors (Lipinski definition) is 4. The summed E-state index contributed by atoms with van der Waals surface area (Å²) in [7, 11) is 0. The molecule has 0 bridgehead atoms. The summed E-state index contributed by atoms with van der Waals surface area (Å²) in [6.07, 6.45) is 2.46. The van der Waals surface area contributed by atoms with Crippen LogP contribution in [-0.4, -0.2) is 11.5 Å². The maximum atomic E-state index is 10.2. The number of nitroso groups, excluding NO2 is 1. The van der Waals surface area contributed by atoms with Crippen molar-refractivity contribution in [1.29, 1.82) is 0 Å². The fraction of sp³-hybridized carbons (Fsp3) is 0.375. The van der Waals surface area contributed by atoms with E-state index in [1.54, 1.807) is 6.07 Å². The van der Waals surface area contributed by atoms with Gasteiger partial charge in [-0.2, -0.15) is 0 Å². The average Bonchev–Trinajstić information content (AvgIpc) is 2.17. The SMILES string of the molecule is O=Nc1cnc2c(c1)CNCC2. The van der Waals surface area contributed by atoms with E-state index in [1.807, 2.05) is 0 Å². The molecule has 4 heteroatoms. The van der Waals surface area contributed by atoms with E-state index in [0.29, 0.717) is 5.69 Å². The molecule has 1 aliphatic heterocycles. The second-order valence-corrected chi connectivity index (χ2v) is 2.82. The summed E-state index contributed by atoms with van der Waals surface area (Å²) < 4.78 is 0. The van der Waals surface area contributed by atoms with Crippen molar-refractivity contribution in [3.05, 3.63) is 28.4 Å². The van der Waals surface area contributed by atoms with Crippen LogP contribution in [0.1, 0.15) is 11.3 Å². The summed E-state index contributed by atoms with van der Waals surface area (Å²) in [5.41, 5.74) is 2.59. The molecule has 0 fully saturated rings. The fourth-order valence-corrected chi connectivity index (χ4v) is 1.38. The molecule has 2 rings (SSSR count). The molecule has 1 aromatic heterocycles. The van der Waals surface area contributed by atoms with Crippen molar-refractivity contribution in [1.82, 2.24) is 10.3 Å². The molecule has 1 N–H and O–H groups in total. The van der Waals surface area contributed by atoms with Crippen molar-refractivity contribution in [3.8, 4) is 0 Å². The van der Waals surface area contributed by atoms with Gasteiger partial charge < -0.3 is 5.32 Å². The van der Waals surface area contributed by atoms with Gasteiger partial charge >= 0.3 is 0 Å².